The summed E-state index contributed by atoms with van der Waals surface area (Å²) in [6, 6.07) is 0. The molecular formula is C7H14O6. The maximum absolute atomic E-state index is 9.35. The van der Waals surface area contributed by atoms with Crippen LogP contribution < -0.4 is 0 Å². The minimum absolute atomic E-state index is 0.351. The van der Waals surface area contributed by atoms with Crippen LogP contribution in [0.4, 0.5) is 0 Å². The average molecular weight is 194 g/mol. The van der Waals surface area contributed by atoms with Crippen molar-refractivity contribution in [3.63, 3.8) is 0 Å². The molecule has 78 valence electrons. The lowest BCUT2D eigenvalue weighted by Gasteiger charge is -2.24. The molecule has 3 atom stereocenters. The molecule has 0 bridgehead atoms. The largest absolute Gasteiger partial charge is 0.394 e. The van der Waals surface area contributed by atoms with Gasteiger partial charge < -0.3 is 29.9 Å². The highest BCUT2D eigenvalue weighted by molar-refractivity contribution is 4.78. The number of aliphatic hydroxyl groups excluding tert-OH is 4. The lowest BCUT2D eigenvalue weighted by Crippen LogP contribution is -2.46. The van der Waals surface area contributed by atoms with Gasteiger partial charge in [0.15, 0.2) is 6.29 Å². The van der Waals surface area contributed by atoms with Gasteiger partial charge in [-0.3, -0.25) is 0 Å². The quantitative estimate of drug-likeness (QED) is 0.393. The molecule has 0 amide bonds. The Hall–Kier alpha value is -0.240. The second-order valence-electron chi connectivity index (χ2n) is 2.84. The molecule has 0 unspecified atom stereocenters. The predicted molar refractivity (Wildman–Crippen MR) is 40.8 cm³/mol. The van der Waals surface area contributed by atoms with Gasteiger partial charge in [0.1, 0.15) is 18.3 Å². The molecule has 0 spiro atoms. The fraction of sp³-hybridized carbons (Fsp3) is 1.00. The molecule has 1 aliphatic heterocycles. The standard InChI is InChI=1S/C7H14O6/c8-3-4(9)5(10)6(11)7-12-1-2-13-7/h4-11H,1-3H2/t4-,5+,6-/m0/s1. The third kappa shape index (κ3) is 2.60. The minimum atomic E-state index is -1.46. The molecule has 6 heteroatoms. The summed E-state index contributed by atoms with van der Waals surface area (Å²) in [6.07, 6.45) is -5.11. The monoisotopic (exact) mass is 194 g/mol. The van der Waals surface area contributed by atoms with Gasteiger partial charge in [0.05, 0.1) is 19.8 Å². The van der Waals surface area contributed by atoms with E-state index in [-0.39, 0.29) is 0 Å². The van der Waals surface area contributed by atoms with Gasteiger partial charge >= 0.3 is 0 Å². The van der Waals surface area contributed by atoms with Crippen LogP contribution in [0.3, 0.4) is 0 Å². The van der Waals surface area contributed by atoms with Gasteiger partial charge in [-0.25, -0.2) is 0 Å². The zero-order valence-electron chi connectivity index (χ0n) is 7.04. The van der Waals surface area contributed by atoms with Crippen LogP contribution >= 0.6 is 0 Å². The lowest BCUT2D eigenvalue weighted by molar-refractivity contribution is -0.178. The Morgan fingerprint density at radius 2 is 1.69 bits per heavy atom. The first-order valence-corrected chi connectivity index (χ1v) is 4.05. The average Bonchev–Trinajstić information content (AvgIpc) is 2.67. The van der Waals surface area contributed by atoms with Crippen molar-refractivity contribution >= 4 is 0 Å². The van der Waals surface area contributed by atoms with Crippen molar-refractivity contribution in [2.24, 2.45) is 0 Å². The molecule has 1 rings (SSSR count). The van der Waals surface area contributed by atoms with E-state index in [0.29, 0.717) is 13.2 Å². The molecule has 13 heavy (non-hydrogen) atoms. The summed E-state index contributed by atoms with van der Waals surface area (Å²) in [4.78, 5) is 0. The zero-order valence-corrected chi connectivity index (χ0v) is 7.04. The van der Waals surface area contributed by atoms with Crippen LogP contribution in [0.25, 0.3) is 0 Å². The van der Waals surface area contributed by atoms with Crippen LogP contribution in [0.1, 0.15) is 0 Å². The van der Waals surface area contributed by atoms with Crippen LogP contribution in [0, 0.1) is 0 Å². The van der Waals surface area contributed by atoms with Crippen LogP contribution in [-0.2, 0) is 9.47 Å². The van der Waals surface area contributed by atoms with Gasteiger partial charge in [0, 0.05) is 0 Å². The summed E-state index contributed by atoms with van der Waals surface area (Å²) in [5.74, 6) is 0. The molecule has 6 nitrogen and oxygen atoms in total. The maximum Gasteiger partial charge on any atom is 0.186 e. The van der Waals surface area contributed by atoms with Gasteiger partial charge in [-0.2, -0.15) is 0 Å². The Kier molecular flexibility index (Phi) is 4.04. The number of ether oxygens (including phenoxy) is 2. The molecule has 4 N–H and O–H groups in total. The SMILES string of the molecule is OC[C@H](O)[C@@H](O)[C@H](O)C1OCCO1. The van der Waals surface area contributed by atoms with Gasteiger partial charge in [-0.15, -0.1) is 0 Å². The summed E-state index contributed by atoms with van der Waals surface area (Å²) in [5.41, 5.74) is 0. The molecule has 0 saturated carbocycles. The highest BCUT2D eigenvalue weighted by atomic mass is 16.7. The Morgan fingerprint density at radius 1 is 1.15 bits per heavy atom. The summed E-state index contributed by atoms with van der Waals surface area (Å²) in [7, 11) is 0. The Morgan fingerprint density at radius 3 is 2.15 bits per heavy atom. The zero-order chi connectivity index (χ0) is 9.84. The molecule has 1 aliphatic rings. The summed E-state index contributed by atoms with van der Waals surface area (Å²) in [5, 5.41) is 36.1. The van der Waals surface area contributed by atoms with Gasteiger partial charge in [0.25, 0.3) is 0 Å². The molecule has 1 saturated heterocycles. The van der Waals surface area contributed by atoms with E-state index in [2.05, 4.69) is 0 Å². The van der Waals surface area contributed by atoms with Crippen molar-refractivity contribution in [3.05, 3.63) is 0 Å². The first-order chi connectivity index (χ1) is 6.16. The summed E-state index contributed by atoms with van der Waals surface area (Å²) in [6.45, 7) is 0.0816. The molecule has 0 aromatic carbocycles. The van der Waals surface area contributed by atoms with Crippen molar-refractivity contribution in [1.82, 2.24) is 0 Å². The predicted octanol–water partition coefficient (Wildman–Crippen LogP) is -2.57. The highest BCUT2D eigenvalue weighted by Gasteiger charge is 2.34. The molecule has 0 aliphatic carbocycles. The Balaban J connectivity index is 2.40. The van der Waals surface area contributed by atoms with Crippen LogP contribution in [0.15, 0.2) is 0 Å². The van der Waals surface area contributed by atoms with E-state index in [9.17, 15) is 10.2 Å². The van der Waals surface area contributed by atoms with Crippen LogP contribution in [-0.4, -0.2) is 64.8 Å². The van der Waals surface area contributed by atoms with E-state index in [1.54, 1.807) is 0 Å². The van der Waals surface area contributed by atoms with E-state index < -0.39 is 31.2 Å². The Labute approximate surface area is 75.3 Å². The van der Waals surface area contributed by atoms with Crippen molar-refractivity contribution in [2.75, 3.05) is 19.8 Å². The van der Waals surface area contributed by atoms with Crippen LogP contribution in [0.2, 0.25) is 0 Å². The van der Waals surface area contributed by atoms with Crippen molar-refractivity contribution < 1.29 is 29.9 Å². The topological polar surface area (TPSA) is 99.4 Å². The molecule has 0 radical (unpaired) electrons. The maximum atomic E-state index is 9.35. The number of hydrogen-bond acceptors (Lipinski definition) is 6. The van der Waals surface area contributed by atoms with Crippen molar-refractivity contribution in [2.45, 2.75) is 24.6 Å². The fourth-order valence-electron chi connectivity index (χ4n) is 1.07. The molecule has 0 aromatic rings. The van der Waals surface area contributed by atoms with Crippen LogP contribution in [0.5, 0.6) is 0 Å². The molecule has 1 heterocycles. The van der Waals surface area contributed by atoms with E-state index >= 15 is 0 Å². The number of aliphatic hydroxyl groups is 4. The van der Waals surface area contributed by atoms with E-state index in [4.69, 9.17) is 19.7 Å². The fourth-order valence-corrected chi connectivity index (χ4v) is 1.07. The van der Waals surface area contributed by atoms with E-state index in [1.807, 2.05) is 0 Å². The van der Waals surface area contributed by atoms with E-state index in [1.165, 1.54) is 0 Å². The molecular weight excluding hydrogens is 180 g/mol. The first-order valence-electron chi connectivity index (χ1n) is 4.05. The second kappa shape index (κ2) is 4.85. The lowest BCUT2D eigenvalue weighted by atomic mass is 10.1. The van der Waals surface area contributed by atoms with Crippen molar-refractivity contribution in [3.8, 4) is 0 Å². The first kappa shape index (κ1) is 10.8. The third-order valence-corrected chi connectivity index (χ3v) is 1.86. The molecule has 0 aromatic heterocycles. The van der Waals surface area contributed by atoms with E-state index in [0.717, 1.165) is 0 Å². The third-order valence-electron chi connectivity index (χ3n) is 1.86. The van der Waals surface area contributed by atoms with Crippen molar-refractivity contribution in [1.29, 1.82) is 0 Å². The summed E-state index contributed by atoms with van der Waals surface area (Å²) < 4.78 is 9.81. The van der Waals surface area contributed by atoms with Gasteiger partial charge in [-0.1, -0.05) is 0 Å². The normalized spacial score (nSPS) is 25.8. The molecule has 1 fully saturated rings. The minimum Gasteiger partial charge on any atom is -0.394 e. The second-order valence-corrected chi connectivity index (χ2v) is 2.84. The highest BCUT2D eigenvalue weighted by Crippen LogP contribution is 2.13. The Bertz CT molecular complexity index is 146. The number of hydrogen-bond donors (Lipinski definition) is 4. The van der Waals surface area contributed by atoms with Gasteiger partial charge in [0.2, 0.25) is 0 Å². The summed E-state index contributed by atoms with van der Waals surface area (Å²) >= 11 is 0. The smallest absolute Gasteiger partial charge is 0.186 e. The number of rotatable bonds is 4. The van der Waals surface area contributed by atoms with Gasteiger partial charge in [-0.05, 0) is 0 Å².